The van der Waals surface area contributed by atoms with Gasteiger partial charge in [0.25, 0.3) is 0 Å². The van der Waals surface area contributed by atoms with E-state index < -0.39 is 0 Å². The van der Waals surface area contributed by atoms with Crippen molar-refractivity contribution in [1.82, 2.24) is 15.2 Å². The van der Waals surface area contributed by atoms with E-state index >= 15 is 0 Å². The minimum Gasteiger partial charge on any atom is -0.383 e. The van der Waals surface area contributed by atoms with Gasteiger partial charge < -0.3 is 10.6 Å². The summed E-state index contributed by atoms with van der Waals surface area (Å²) in [5.74, 6) is 0.0128. The van der Waals surface area contributed by atoms with Gasteiger partial charge in [-0.05, 0) is 45.1 Å². The van der Waals surface area contributed by atoms with Gasteiger partial charge in [0.15, 0.2) is 0 Å². The quantitative estimate of drug-likeness (QED) is 0.768. The summed E-state index contributed by atoms with van der Waals surface area (Å²) >= 11 is 0. The first-order valence-corrected chi connectivity index (χ1v) is 8.14. The molecule has 2 N–H and O–H groups in total. The van der Waals surface area contributed by atoms with Crippen molar-refractivity contribution in [3.8, 4) is 0 Å². The standard InChI is InChI=1S/C19H26N4O/c1-14-6-5-7-16(12-14)18(23(3)4)19(24)22-11-10-21-17-8-9-20-13-15(17)2/h5-9,12-13,18H,10-11H2,1-4H3,(H,20,21)(H,22,24)/t18-/m0/s1. The van der Waals surface area contributed by atoms with Crippen LogP contribution in [0.3, 0.4) is 0 Å². The summed E-state index contributed by atoms with van der Waals surface area (Å²) in [5.41, 5.74) is 4.30. The normalized spacial score (nSPS) is 12.0. The lowest BCUT2D eigenvalue weighted by atomic mass is 10.0. The van der Waals surface area contributed by atoms with E-state index in [1.54, 1.807) is 6.20 Å². The third kappa shape index (κ3) is 4.80. The molecule has 0 spiro atoms. The fourth-order valence-corrected chi connectivity index (χ4v) is 2.68. The summed E-state index contributed by atoms with van der Waals surface area (Å²) in [4.78, 5) is 18.6. The number of aryl methyl sites for hydroxylation is 2. The predicted octanol–water partition coefficient (Wildman–Crippen LogP) is 2.53. The van der Waals surface area contributed by atoms with Crippen molar-refractivity contribution >= 4 is 11.6 Å². The molecule has 24 heavy (non-hydrogen) atoms. The number of aromatic nitrogens is 1. The Bertz CT molecular complexity index is 685. The highest BCUT2D eigenvalue weighted by Gasteiger charge is 2.22. The Hall–Kier alpha value is -2.40. The first-order chi connectivity index (χ1) is 11.5. The van der Waals surface area contributed by atoms with Crippen LogP contribution in [0.5, 0.6) is 0 Å². The number of hydrogen-bond acceptors (Lipinski definition) is 4. The smallest absolute Gasteiger partial charge is 0.242 e. The van der Waals surface area contributed by atoms with Gasteiger partial charge in [0.1, 0.15) is 6.04 Å². The Morgan fingerprint density at radius 2 is 2.00 bits per heavy atom. The Kier molecular flexibility index (Phi) is 6.32. The number of carbonyl (C=O) groups is 1. The summed E-state index contributed by atoms with van der Waals surface area (Å²) in [6.45, 7) is 5.28. The molecule has 0 aliphatic carbocycles. The van der Waals surface area contributed by atoms with Crippen molar-refractivity contribution in [2.45, 2.75) is 19.9 Å². The molecule has 5 nitrogen and oxygen atoms in total. The Morgan fingerprint density at radius 1 is 1.21 bits per heavy atom. The molecule has 0 aliphatic heterocycles. The van der Waals surface area contributed by atoms with Crippen molar-refractivity contribution in [3.63, 3.8) is 0 Å². The van der Waals surface area contributed by atoms with Crippen molar-refractivity contribution in [3.05, 3.63) is 59.4 Å². The molecule has 2 aromatic rings. The number of hydrogen-bond donors (Lipinski definition) is 2. The van der Waals surface area contributed by atoms with E-state index in [4.69, 9.17) is 0 Å². The number of amides is 1. The maximum Gasteiger partial charge on any atom is 0.242 e. The van der Waals surface area contributed by atoms with E-state index in [9.17, 15) is 4.79 Å². The van der Waals surface area contributed by atoms with Gasteiger partial charge in [0.2, 0.25) is 5.91 Å². The zero-order chi connectivity index (χ0) is 17.5. The molecule has 1 atom stereocenters. The number of anilines is 1. The average molecular weight is 326 g/mol. The zero-order valence-electron chi connectivity index (χ0n) is 14.8. The van der Waals surface area contributed by atoms with Crippen LogP contribution in [0.25, 0.3) is 0 Å². The molecule has 1 amide bonds. The monoisotopic (exact) mass is 326 g/mol. The van der Waals surface area contributed by atoms with E-state index in [2.05, 4.69) is 21.7 Å². The lowest BCUT2D eigenvalue weighted by Gasteiger charge is -2.24. The van der Waals surface area contributed by atoms with Gasteiger partial charge in [-0.3, -0.25) is 14.7 Å². The number of likely N-dealkylation sites (N-methyl/N-ethyl adjacent to an activating group) is 1. The summed E-state index contributed by atoms with van der Waals surface area (Å²) in [5, 5.41) is 6.33. The topological polar surface area (TPSA) is 57.3 Å². The molecule has 0 saturated carbocycles. The van der Waals surface area contributed by atoms with Crippen molar-refractivity contribution < 1.29 is 4.79 Å². The third-order valence-electron chi connectivity index (χ3n) is 3.88. The second kappa shape index (κ2) is 8.45. The van der Waals surface area contributed by atoms with Crippen LogP contribution in [0, 0.1) is 13.8 Å². The van der Waals surface area contributed by atoms with E-state index in [1.807, 2.05) is 63.3 Å². The molecule has 0 aliphatic rings. The van der Waals surface area contributed by atoms with Crippen LogP contribution in [0.1, 0.15) is 22.7 Å². The van der Waals surface area contributed by atoms with Crippen molar-refractivity contribution in [1.29, 1.82) is 0 Å². The maximum atomic E-state index is 12.6. The molecular formula is C19H26N4O. The molecule has 0 bridgehead atoms. The minimum absolute atomic E-state index is 0.0128. The maximum absolute atomic E-state index is 12.6. The lowest BCUT2D eigenvalue weighted by Crippen LogP contribution is -2.39. The summed E-state index contributed by atoms with van der Waals surface area (Å²) in [6.07, 6.45) is 3.58. The zero-order valence-corrected chi connectivity index (χ0v) is 14.8. The van der Waals surface area contributed by atoms with Crippen molar-refractivity contribution in [2.24, 2.45) is 0 Å². The fraction of sp³-hybridized carbons (Fsp3) is 0.368. The number of nitrogens with zero attached hydrogens (tertiary/aromatic N) is 2. The van der Waals surface area contributed by atoms with Crippen LogP contribution >= 0.6 is 0 Å². The molecule has 0 fully saturated rings. The highest BCUT2D eigenvalue weighted by atomic mass is 16.2. The molecule has 5 heteroatoms. The SMILES string of the molecule is Cc1cccc([C@@H](C(=O)NCCNc2ccncc2C)N(C)C)c1. The summed E-state index contributed by atoms with van der Waals surface area (Å²) < 4.78 is 0. The number of benzene rings is 1. The number of carbonyl (C=O) groups excluding carboxylic acids is 1. The molecule has 0 radical (unpaired) electrons. The van der Waals surface area contributed by atoms with Gasteiger partial charge in [-0.15, -0.1) is 0 Å². The molecule has 1 heterocycles. The summed E-state index contributed by atoms with van der Waals surface area (Å²) in [7, 11) is 3.84. The highest BCUT2D eigenvalue weighted by Crippen LogP contribution is 2.19. The first-order valence-electron chi connectivity index (χ1n) is 8.14. The van der Waals surface area contributed by atoms with Gasteiger partial charge in [0.05, 0.1) is 0 Å². The Labute approximate surface area is 144 Å². The van der Waals surface area contributed by atoms with Gasteiger partial charge in [-0.2, -0.15) is 0 Å². The molecular weight excluding hydrogens is 300 g/mol. The molecule has 1 aromatic heterocycles. The third-order valence-corrected chi connectivity index (χ3v) is 3.88. The highest BCUT2D eigenvalue weighted by molar-refractivity contribution is 5.83. The van der Waals surface area contributed by atoms with Crippen molar-refractivity contribution in [2.75, 3.05) is 32.5 Å². The molecule has 0 unspecified atom stereocenters. The van der Waals surface area contributed by atoms with Gasteiger partial charge in [-0.25, -0.2) is 0 Å². The van der Waals surface area contributed by atoms with Crippen LogP contribution in [-0.2, 0) is 4.79 Å². The van der Waals surface area contributed by atoms with Gasteiger partial charge in [0, 0.05) is 31.2 Å². The van der Waals surface area contributed by atoms with Crippen LogP contribution in [0.2, 0.25) is 0 Å². The van der Waals surface area contributed by atoms with E-state index in [0.717, 1.165) is 22.4 Å². The Balaban J connectivity index is 1.91. The second-order valence-corrected chi connectivity index (χ2v) is 6.19. The van der Waals surface area contributed by atoms with Crippen LogP contribution in [0.15, 0.2) is 42.7 Å². The Morgan fingerprint density at radius 3 is 2.67 bits per heavy atom. The fourth-order valence-electron chi connectivity index (χ4n) is 2.68. The molecule has 128 valence electrons. The number of rotatable bonds is 7. The van der Waals surface area contributed by atoms with Crippen LogP contribution in [-0.4, -0.2) is 43.0 Å². The predicted molar refractivity (Wildman–Crippen MR) is 98.1 cm³/mol. The minimum atomic E-state index is -0.285. The first kappa shape index (κ1) is 17.9. The van der Waals surface area contributed by atoms with E-state index in [0.29, 0.717) is 13.1 Å². The molecule has 2 rings (SSSR count). The summed E-state index contributed by atoms with van der Waals surface area (Å²) in [6, 6.07) is 9.73. The average Bonchev–Trinajstić information content (AvgIpc) is 2.53. The molecule has 0 saturated heterocycles. The largest absolute Gasteiger partial charge is 0.383 e. The second-order valence-electron chi connectivity index (χ2n) is 6.19. The van der Waals surface area contributed by atoms with Gasteiger partial charge >= 0.3 is 0 Å². The van der Waals surface area contributed by atoms with E-state index in [-0.39, 0.29) is 11.9 Å². The lowest BCUT2D eigenvalue weighted by molar-refractivity contribution is -0.125. The van der Waals surface area contributed by atoms with Crippen LogP contribution in [0.4, 0.5) is 5.69 Å². The molecule has 1 aromatic carbocycles. The van der Waals surface area contributed by atoms with E-state index in [1.165, 1.54) is 0 Å². The van der Waals surface area contributed by atoms with Crippen LogP contribution < -0.4 is 10.6 Å². The number of nitrogens with one attached hydrogen (secondary N) is 2. The van der Waals surface area contributed by atoms with Gasteiger partial charge in [-0.1, -0.05) is 29.8 Å². The number of pyridine rings is 1.